The highest BCUT2D eigenvalue weighted by Gasteiger charge is 2.33. The van der Waals surface area contributed by atoms with E-state index in [1.54, 1.807) is 9.80 Å². The van der Waals surface area contributed by atoms with Gasteiger partial charge in [0.05, 0.1) is 11.5 Å². The first kappa shape index (κ1) is 20.4. The zero-order chi connectivity index (χ0) is 19.5. The lowest BCUT2D eigenvalue weighted by atomic mass is 10.1. The molecule has 2 amide bonds. The van der Waals surface area contributed by atoms with Gasteiger partial charge in [-0.2, -0.15) is 0 Å². The van der Waals surface area contributed by atoms with E-state index in [0.717, 1.165) is 16.8 Å². The number of anilines is 1. The third kappa shape index (κ3) is 4.63. The van der Waals surface area contributed by atoms with Gasteiger partial charge in [-0.3, -0.25) is 9.59 Å². The molecule has 0 aromatic heterocycles. The highest BCUT2D eigenvalue weighted by atomic mass is 32.2. The van der Waals surface area contributed by atoms with Crippen LogP contribution in [0, 0.1) is 13.8 Å². The standard InChI is InChI=1S/C19H28N2O4S/c1-5-20(17-10-12-26(24,25)13-17)19(23)9-11-21(16(4)22)18-8-6-7-14(2)15(18)3/h6-8,17H,5,9-13H2,1-4H3. The molecule has 0 radical (unpaired) electrons. The Morgan fingerprint density at radius 2 is 1.92 bits per heavy atom. The molecule has 1 fully saturated rings. The summed E-state index contributed by atoms with van der Waals surface area (Å²) in [6, 6.07) is 5.53. The maximum atomic E-state index is 12.7. The second kappa shape index (κ2) is 8.20. The number of rotatable bonds is 6. The van der Waals surface area contributed by atoms with Crippen molar-refractivity contribution < 1.29 is 18.0 Å². The van der Waals surface area contributed by atoms with Crippen LogP contribution in [0.4, 0.5) is 5.69 Å². The molecule has 1 aliphatic rings. The van der Waals surface area contributed by atoms with Crippen LogP contribution in [0.1, 0.15) is 37.8 Å². The summed E-state index contributed by atoms with van der Waals surface area (Å²) < 4.78 is 23.4. The number of aryl methyl sites for hydroxylation is 1. The van der Waals surface area contributed by atoms with Crippen LogP contribution in [0.25, 0.3) is 0 Å². The van der Waals surface area contributed by atoms with Crippen LogP contribution in [0.5, 0.6) is 0 Å². The molecule has 26 heavy (non-hydrogen) atoms. The summed E-state index contributed by atoms with van der Waals surface area (Å²) >= 11 is 0. The van der Waals surface area contributed by atoms with Crippen LogP contribution in [0.15, 0.2) is 18.2 Å². The number of hydrogen-bond acceptors (Lipinski definition) is 4. The molecule has 1 unspecified atom stereocenters. The fourth-order valence-corrected chi connectivity index (χ4v) is 5.22. The van der Waals surface area contributed by atoms with Crippen molar-refractivity contribution in [2.45, 2.75) is 46.6 Å². The Kier molecular flexibility index (Phi) is 6.44. The van der Waals surface area contributed by atoms with E-state index < -0.39 is 9.84 Å². The number of carbonyl (C=O) groups is 2. The maximum Gasteiger partial charge on any atom is 0.224 e. The minimum Gasteiger partial charge on any atom is -0.339 e. The van der Waals surface area contributed by atoms with Gasteiger partial charge in [0.15, 0.2) is 9.84 Å². The molecule has 0 saturated carbocycles. The molecule has 0 bridgehead atoms. The van der Waals surface area contributed by atoms with E-state index in [0.29, 0.717) is 13.0 Å². The molecule has 0 N–H and O–H groups in total. The van der Waals surface area contributed by atoms with Crippen LogP contribution in [-0.4, -0.2) is 55.8 Å². The zero-order valence-corrected chi connectivity index (χ0v) is 16.8. The maximum absolute atomic E-state index is 12.7. The molecule has 6 nitrogen and oxygen atoms in total. The van der Waals surface area contributed by atoms with Crippen LogP contribution in [0.2, 0.25) is 0 Å². The van der Waals surface area contributed by atoms with Gasteiger partial charge in [-0.05, 0) is 44.4 Å². The summed E-state index contributed by atoms with van der Waals surface area (Å²) in [4.78, 5) is 28.1. The van der Waals surface area contributed by atoms with Crippen LogP contribution < -0.4 is 4.90 Å². The lowest BCUT2D eigenvalue weighted by Crippen LogP contribution is -2.43. The Morgan fingerprint density at radius 3 is 2.46 bits per heavy atom. The first-order valence-electron chi connectivity index (χ1n) is 9.00. The van der Waals surface area contributed by atoms with Crippen molar-refractivity contribution in [3.63, 3.8) is 0 Å². The molecule has 144 valence electrons. The van der Waals surface area contributed by atoms with E-state index in [-0.39, 0.29) is 42.3 Å². The summed E-state index contributed by atoms with van der Waals surface area (Å²) in [5, 5.41) is 0. The first-order chi connectivity index (χ1) is 12.2. The van der Waals surface area contributed by atoms with Crippen LogP contribution in [-0.2, 0) is 19.4 Å². The predicted octanol–water partition coefficient (Wildman–Crippen LogP) is 2.08. The number of sulfone groups is 1. The van der Waals surface area contributed by atoms with Gasteiger partial charge in [-0.15, -0.1) is 0 Å². The van der Waals surface area contributed by atoms with Gasteiger partial charge < -0.3 is 9.80 Å². The van der Waals surface area contributed by atoms with E-state index in [1.165, 1.54) is 6.92 Å². The molecule has 1 aromatic carbocycles. The van der Waals surface area contributed by atoms with Gasteiger partial charge in [0, 0.05) is 38.2 Å². The van der Waals surface area contributed by atoms with Gasteiger partial charge in [0.2, 0.25) is 11.8 Å². The Balaban J connectivity index is 2.09. The average Bonchev–Trinajstić information content (AvgIpc) is 2.91. The van der Waals surface area contributed by atoms with Crippen molar-refractivity contribution in [1.29, 1.82) is 0 Å². The quantitative estimate of drug-likeness (QED) is 0.757. The fraction of sp³-hybridized carbons (Fsp3) is 0.579. The Hall–Kier alpha value is -1.89. The second-order valence-corrected chi connectivity index (χ2v) is 9.11. The summed E-state index contributed by atoms with van der Waals surface area (Å²) in [5.74, 6) is -0.0344. The minimum atomic E-state index is -3.04. The molecular formula is C19H28N2O4S. The third-order valence-electron chi connectivity index (χ3n) is 5.11. The van der Waals surface area contributed by atoms with Crippen molar-refractivity contribution in [3.05, 3.63) is 29.3 Å². The number of hydrogen-bond donors (Lipinski definition) is 0. The van der Waals surface area contributed by atoms with E-state index in [1.807, 2.05) is 39.0 Å². The molecule has 1 aliphatic heterocycles. The summed E-state index contributed by atoms with van der Waals surface area (Å²) in [6.45, 7) is 8.06. The fourth-order valence-electron chi connectivity index (χ4n) is 3.49. The van der Waals surface area contributed by atoms with Gasteiger partial charge in [-0.1, -0.05) is 12.1 Å². The number of nitrogens with zero attached hydrogens (tertiary/aromatic N) is 2. The minimum absolute atomic E-state index is 0.0417. The first-order valence-corrected chi connectivity index (χ1v) is 10.8. The molecule has 1 atom stereocenters. The van der Waals surface area contributed by atoms with E-state index in [4.69, 9.17) is 0 Å². The van der Waals surface area contributed by atoms with Crippen molar-refractivity contribution in [3.8, 4) is 0 Å². The third-order valence-corrected chi connectivity index (χ3v) is 6.86. The molecular weight excluding hydrogens is 352 g/mol. The summed E-state index contributed by atoms with van der Waals surface area (Å²) in [5.41, 5.74) is 2.92. The normalized spacial score (nSPS) is 18.5. The van der Waals surface area contributed by atoms with Crippen molar-refractivity contribution in [1.82, 2.24) is 4.90 Å². The summed E-state index contributed by atoms with van der Waals surface area (Å²) in [7, 11) is -3.04. The molecule has 2 rings (SSSR count). The monoisotopic (exact) mass is 380 g/mol. The van der Waals surface area contributed by atoms with Gasteiger partial charge >= 0.3 is 0 Å². The second-order valence-electron chi connectivity index (χ2n) is 6.88. The van der Waals surface area contributed by atoms with E-state index in [2.05, 4.69) is 0 Å². The number of amides is 2. The lowest BCUT2D eigenvalue weighted by Gasteiger charge is -2.29. The smallest absolute Gasteiger partial charge is 0.224 e. The molecule has 1 heterocycles. The number of carbonyl (C=O) groups excluding carboxylic acids is 2. The van der Waals surface area contributed by atoms with Gasteiger partial charge in [-0.25, -0.2) is 8.42 Å². The van der Waals surface area contributed by atoms with Crippen molar-refractivity contribution in [2.75, 3.05) is 29.5 Å². The van der Waals surface area contributed by atoms with Crippen molar-refractivity contribution in [2.24, 2.45) is 0 Å². The van der Waals surface area contributed by atoms with Crippen LogP contribution in [0.3, 0.4) is 0 Å². The molecule has 1 aromatic rings. The Labute approximate surface area is 156 Å². The Morgan fingerprint density at radius 1 is 1.23 bits per heavy atom. The predicted molar refractivity (Wildman–Crippen MR) is 103 cm³/mol. The van der Waals surface area contributed by atoms with Crippen LogP contribution >= 0.6 is 0 Å². The highest BCUT2D eigenvalue weighted by Crippen LogP contribution is 2.24. The highest BCUT2D eigenvalue weighted by molar-refractivity contribution is 7.91. The summed E-state index contributed by atoms with van der Waals surface area (Å²) in [6.07, 6.45) is 0.673. The topological polar surface area (TPSA) is 74.8 Å². The lowest BCUT2D eigenvalue weighted by molar-refractivity contribution is -0.132. The van der Waals surface area contributed by atoms with E-state index in [9.17, 15) is 18.0 Å². The molecule has 7 heteroatoms. The van der Waals surface area contributed by atoms with Gasteiger partial charge in [0.1, 0.15) is 0 Å². The molecule has 0 spiro atoms. The average molecular weight is 381 g/mol. The van der Waals surface area contributed by atoms with Gasteiger partial charge in [0.25, 0.3) is 0 Å². The SMILES string of the molecule is CCN(C(=O)CCN(C(C)=O)c1cccc(C)c1C)C1CCS(=O)(=O)C1. The largest absolute Gasteiger partial charge is 0.339 e. The van der Waals surface area contributed by atoms with Crippen molar-refractivity contribution >= 4 is 27.3 Å². The molecule has 0 aliphatic carbocycles. The molecule has 1 saturated heterocycles. The number of benzene rings is 1. The van der Waals surface area contributed by atoms with E-state index >= 15 is 0 Å². The Bertz CT molecular complexity index is 789. The zero-order valence-electron chi connectivity index (χ0n) is 16.0.